The van der Waals surface area contributed by atoms with Crippen LogP contribution in [0.3, 0.4) is 0 Å². The number of para-hydroxylation sites is 1. The van der Waals surface area contributed by atoms with Gasteiger partial charge in [-0.15, -0.1) is 0 Å². The molecule has 7 heteroatoms. The SMILES string of the molecule is Cc1cc(C(=O)COC(=O)c2cc(C)n(-c3ccccc3)c2C)c(C)n1-c1ccc2c(c1)OCO2. The van der Waals surface area contributed by atoms with Gasteiger partial charge in [0, 0.05) is 45.8 Å². The van der Waals surface area contributed by atoms with Crippen LogP contribution >= 0.6 is 0 Å². The second kappa shape index (κ2) is 8.83. The van der Waals surface area contributed by atoms with Crippen LogP contribution in [0.15, 0.2) is 60.7 Å². The second-order valence-corrected chi connectivity index (χ2v) is 8.61. The molecule has 0 radical (unpaired) electrons. The van der Waals surface area contributed by atoms with Crippen molar-refractivity contribution in [2.24, 2.45) is 0 Å². The van der Waals surface area contributed by atoms with Crippen molar-refractivity contribution in [2.45, 2.75) is 27.7 Å². The lowest BCUT2D eigenvalue weighted by Crippen LogP contribution is -2.15. The first kappa shape index (κ1) is 22.5. The highest BCUT2D eigenvalue weighted by molar-refractivity contribution is 6.01. The molecule has 5 rings (SSSR count). The van der Waals surface area contributed by atoms with E-state index in [-0.39, 0.29) is 19.2 Å². The van der Waals surface area contributed by atoms with Gasteiger partial charge in [-0.2, -0.15) is 0 Å². The van der Waals surface area contributed by atoms with Gasteiger partial charge in [0.2, 0.25) is 12.6 Å². The minimum Gasteiger partial charge on any atom is -0.454 e. The van der Waals surface area contributed by atoms with Gasteiger partial charge in [-0.25, -0.2) is 4.79 Å². The van der Waals surface area contributed by atoms with Crippen LogP contribution in [-0.2, 0) is 4.74 Å². The number of fused-ring (bicyclic) bond motifs is 1. The molecule has 2 aromatic heterocycles. The molecule has 0 N–H and O–H groups in total. The third-order valence-electron chi connectivity index (χ3n) is 6.35. The molecule has 178 valence electrons. The summed E-state index contributed by atoms with van der Waals surface area (Å²) in [5.74, 6) is 0.601. The smallest absolute Gasteiger partial charge is 0.340 e. The maximum atomic E-state index is 13.0. The Labute approximate surface area is 203 Å². The normalized spacial score (nSPS) is 12.1. The van der Waals surface area contributed by atoms with E-state index in [1.807, 2.05) is 91.4 Å². The number of ether oxygens (including phenoxy) is 3. The molecule has 0 unspecified atom stereocenters. The van der Waals surface area contributed by atoms with Crippen LogP contribution in [0.4, 0.5) is 0 Å². The number of esters is 1. The fourth-order valence-corrected chi connectivity index (χ4v) is 4.70. The van der Waals surface area contributed by atoms with E-state index in [1.165, 1.54) is 0 Å². The zero-order valence-electron chi connectivity index (χ0n) is 20.1. The van der Waals surface area contributed by atoms with E-state index in [4.69, 9.17) is 14.2 Å². The molecule has 0 saturated carbocycles. The molecule has 2 aromatic carbocycles. The van der Waals surface area contributed by atoms with Crippen molar-refractivity contribution in [1.29, 1.82) is 0 Å². The maximum Gasteiger partial charge on any atom is 0.340 e. The first-order valence-electron chi connectivity index (χ1n) is 11.4. The van der Waals surface area contributed by atoms with Crippen molar-refractivity contribution in [1.82, 2.24) is 9.13 Å². The topological polar surface area (TPSA) is 71.7 Å². The van der Waals surface area contributed by atoms with Crippen molar-refractivity contribution in [3.05, 3.63) is 94.6 Å². The molecule has 0 spiro atoms. The summed E-state index contributed by atoms with van der Waals surface area (Å²) in [5.41, 5.74) is 6.15. The Balaban J connectivity index is 1.33. The minimum atomic E-state index is -0.516. The summed E-state index contributed by atoms with van der Waals surface area (Å²) in [6.07, 6.45) is 0. The minimum absolute atomic E-state index is 0.200. The van der Waals surface area contributed by atoms with Gasteiger partial charge in [-0.3, -0.25) is 4.79 Å². The molecule has 0 fully saturated rings. The number of carbonyl (C=O) groups is 2. The highest BCUT2D eigenvalue weighted by atomic mass is 16.7. The Hall–Kier alpha value is -4.26. The molecular weight excluding hydrogens is 444 g/mol. The standard InChI is InChI=1S/C28H26N2O5/c1-17-12-23(19(3)30(17)22-10-11-26-27(14-22)35-16-34-26)25(31)15-33-28(32)24-13-18(2)29(20(24)4)21-8-6-5-7-9-21/h5-14H,15-16H2,1-4H3. The molecule has 0 saturated heterocycles. The number of benzene rings is 2. The predicted molar refractivity (Wildman–Crippen MR) is 131 cm³/mol. The quantitative estimate of drug-likeness (QED) is 0.284. The average Bonchev–Trinajstić information content (AvgIpc) is 3.52. The highest BCUT2D eigenvalue weighted by Crippen LogP contribution is 2.35. The van der Waals surface area contributed by atoms with E-state index in [9.17, 15) is 9.59 Å². The van der Waals surface area contributed by atoms with Gasteiger partial charge in [0.1, 0.15) is 0 Å². The van der Waals surface area contributed by atoms with Crippen LogP contribution in [0.2, 0.25) is 0 Å². The Kier molecular flexibility index (Phi) is 5.68. The van der Waals surface area contributed by atoms with Crippen molar-refractivity contribution in [3.8, 4) is 22.9 Å². The third kappa shape index (κ3) is 3.99. The summed E-state index contributed by atoms with van der Waals surface area (Å²) in [7, 11) is 0. The Bertz CT molecular complexity index is 1450. The fraction of sp³-hybridized carbons (Fsp3) is 0.214. The summed E-state index contributed by atoms with van der Waals surface area (Å²) in [5, 5.41) is 0. The monoisotopic (exact) mass is 470 g/mol. The lowest BCUT2D eigenvalue weighted by molar-refractivity contribution is 0.0474. The van der Waals surface area contributed by atoms with Gasteiger partial charge in [-0.1, -0.05) is 18.2 Å². The number of hydrogen-bond donors (Lipinski definition) is 0. The first-order chi connectivity index (χ1) is 16.8. The van der Waals surface area contributed by atoms with E-state index in [2.05, 4.69) is 0 Å². The lowest BCUT2D eigenvalue weighted by Gasteiger charge is -2.11. The van der Waals surface area contributed by atoms with Gasteiger partial charge in [0.05, 0.1) is 5.56 Å². The molecule has 4 aromatic rings. The van der Waals surface area contributed by atoms with E-state index < -0.39 is 5.97 Å². The molecular formula is C28H26N2O5. The zero-order valence-corrected chi connectivity index (χ0v) is 20.1. The van der Waals surface area contributed by atoms with E-state index in [0.717, 1.165) is 34.2 Å². The second-order valence-electron chi connectivity index (χ2n) is 8.61. The average molecular weight is 471 g/mol. The van der Waals surface area contributed by atoms with Crippen molar-refractivity contribution in [2.75, 3.05) is 13.4 Å². The van der Waals surface area contributed by atoms with Gasteiger partial charge in [0.25, 0.3) is 0 Å². The summed E-state index contributed by atoms with van der Waals surface area (Å²) >= 11 is 0. The van der Waals surface area contributed by atoms with Gasteiger partial charge in [0.15, 0.2) is 18.1 Å². The van der Waals surface area contributed by atoms with Crippen molar-refractivity contribution < 1.29 is 23.8 Å². The van der Waals surface area contributed by atoms with E-state index >= 15 is 0 Å². The number of carbonyl (C=O) groups excluding carboxylic acids is 2. The Morgan fingerprint density at radius 2 is 1.40 bits per heavy atom. The molecule has 0 bridgehead atoms. The first-order valence-corrected chi connectivity index (χ1v) is 11.4. The number of rotatable bonds is 6. The number of aromatic nitrogens is 2. The summed E-state index contributed by atoms with van der Waals surface area (Å²) in [6.45, 7) is 7.48. The van der Waals surface area contributed by atoms with Gasteiger partial charge in [-0.05, 0) is 64.1 Å². The molecule has 35 heavy (non-hydrogen) atoms. The maximum absolute atomic E-state index is 13.0. The molecule has 3 heterocycles. The molecule has 0 aliphatic carbocycles. The summed E-state index contributed by atoms with van der Waals surface area (Å²) in [4.78, 5) is 25.9. The van der Waals surface area contributed by atoms with E-state index in [1.54, 1.807) is 6.07 Å². The predicted octanol–water partition coefficient (Wildman–Crippen LogP) is 5.27. The van der Waals surface area contributed by atoms with Crippen LogP contribution in [0.25, 0.3) is 11.4 Å². The highest BCUT2D eigenvalue weighted by Gasteiger charge is 2.22. The van der Waals surface area contributed by atoms with Crippen LogP contribution in [-0.4, -0.2) is 34.3 Å². The molecule has 0 amide bonds. The molecule has 7 nitrogen and oxygen atoms in total. The summed E-state index contributed by atoms with van der Waals surface area (Å²) in [6, 6.07) is 19.1. The van der Waals surface area contributed by atoms with Crippen molar-refractivity contribution in [3.63, 3.8) is 0 Å². The molecule has 1 aliphatic rings. The fourth-order valence-electron chi connectivity index (χ4n) is 4.70. The number of nitrogens with zero attached hydrogens (tertiary/aromatic N) is 2. The molecule has 1 aliphatic heterocycles. The largest absolute Gasteiger partial charge is 0.454 e. The summed E-state index contributed by atoms with van der Waals surface area (Å²) < 4.78 is 20.3. The van der Waals surface area contributed by atoms with Crippen LogP contribution in [0, 0.1) is 27.7 Å². The Morgan fingerprint density at radius 3 is 2.14 bits per heavy atom. The number of ketones is 1. The number of Topliss-reactive ketones (excluding diaryl/α,β-unsaturated/α-hetero) is 1. The lowest BCUT2D eigenvalue weighted by atomic mass is 10.1. The van der Waals surface area contributed by atoms with Gasteiger partial charge < -0.3 is 23.3 Å². The van der Waals surface area contributed by atoms with Crippen LogP contribution < -0.4 is 9.47 Å². The third-order valence-corrected chi connectivity index (χ3v) is 6.35. The number of hydrogen-bond acceptors (Lipinski definition) is 5. The Morgan fingerprint density at radius 1 is 0.771 bits per heavy atom. The molecule has 0 atom stereocenters. The zero-order chi connectivity index (χ0) is 24.7. The van der Waals surface area contributed by atoms with Crippen molar-refractivity contribution >= 4 is 11.8 Å². The van der Waals surface area contributed by atoms with Crippen LogP contribution in [0.5, 0.6) is 11.5 Å². The van der Waals surface area contributed by atoms with Crippen LogP contribution in [0.1, 0.15) is 43.5 Å². The number of aryl methyl sites for hydroxylation is 2. The van der Waals surface area contributed by atoms with E-state index in [0.29, 0.717) is 22.6 Å². The van der Waals surface area contributed by atoms with Gasteiger partial charge >= 0.3 is 5.97 Å².